The first-order valence-corrected chi connectivity index (χ1v) is 8.23. The zero-order valence-electron chi connectivity index (χ0n) is 12.8. The minimum Gasteiger partial charge on any atom is -0.359 e. The third-order valence-electron chi connectivity index (χ3n) is 4.25. The van der Waals surface area contributed by atoms with Crippen molar-refractivity contribution in [1.82, 2.24) is 10.2 Å². The minimum atomic E-state index is -0.776. The maximum Gasteiger partial charge on any atom is 0.170 e. The summed E-state index contributed by atoms with van der Waals surface area (Å²) in [6, 6.07) is 7.55. The third kappa shape index (κ3) is 3.03. The van der Waals surface area contributed by atoms with E-state index in [0.717, 1.165) is 24.8 Å². The van der Waals surface area contributed by atoms with Gasteiger partial charge in [0.15, 0.2) is 10.9 Å². The molecule has 1 aliphatic carbocycles. The molecule has 1 aromatic carbocycles. The number of carbonyl (C=O) groups is 1. The molecule has 0 aliphatic heterocycles. The molecule has 1 N–H and O–H groups in total. The second-order valence-electron chi connectivity index (χ2n) is 5.50. The third-order valence-corrected chi connectivity index (χ3v) is 5.00. The van der Waals surface area contributed by atoms with Gasteiger partial charge in [0.1, 0.15) is 5.54 Å². The van der Waals surface area contributed by atoms with Crippen LogP contribution in [0.25, 0.3) is 0 Å². The summed E-state index contributed by atoms with van der Waals surface area (Å²) in [4.78, 5) is 14.8. The van der Waals surface area contributed by atoms with Crippen LogP contribution in [0, 0.1) is 0 Å². The fraction of sp³-hybridized carbons (Fsp3) is 0.412. The predicted molar refractivity (Wildman–Crippen MR) is 95.2 cm³/mol. The molecule has 1 saturated carbocycles. The molecule has 0 unspecified atom stereocenters. The molecule has 1 aliphatic rings. The summed E-state index contributed by atoms with van der Waals surface area (Å²) in [6.45, 7) is 4.25. The lowest BCUT2D eigenvalue weighted by Crippen LogP contribution is -2.56. The fourth-order valence-electron chi connectivity index (χ4n) is 3.08. The normalized spacial score (nSPS) is 21.3. The number of hydrogen-bond acceptors (Lipinski definition) is 2. The summed E-state index contributed by atoms with van der Waals surface area (Å²) in [5.74, 6) is 0.178. The minimum absolute atomic E-state index is 0.178. The standard InChI is InChI=1S/C17H21ClN2OS/c1-3-12-19-16(22)20(2)17(11-7-6-10-15(17)21)13-8-4-5-9-14(13)18/h3-5,8-9H,1,6-7,10-12H2,2H3,(H,19,22)/t17-/m0/s1. The van der Waals surface area contributed by atoms with E-state index in [2.05, 4.69) is 11.9 Å². The molecule has 1 fully saturated rings. The van der Waals surface area contributed by atoms with E-state index in [1.165, 1.54) is 0 Å². The van der Waals surface area contributed by atoms with E-state index < -0.39 is 5.54 Å². The summed E-state index contributed by atoms with van der Waals surface area (Å²) < 4.78 is 0. The molecule has 0 aromatic heterocycles. The van der Waals surface area contributed by atoms with Gasteiger partial charge in [-0.3, -0.25) is 4.79 Å². The van der Waals surface area contributed by atoms with Crippen molar-refractivity contribution in [3.05, 3.63) is 47.5 Å². The van der Waals surface area contributed by atoms with Gasteiger partial charge in [0.05, 0.1) is 0 Å². The van der Waals surface area contributed by atoms with Gasteiger partial charge in [0.2, 0.25) is 0 Å². The molecule has 0 spiro atoms. The molecule has 3 nitrogen and oxygen atoms in total. The highest BCUT2D eigenvalue weighted by molar-refractivity contribution is 7.80. The molecule has 118 valence electrons. The monoisotopic (exact) mass is 336 g/mol. The van der Waals surface area contributed by atoms with Crippen molar-refractivity contribution < 1.29 is 4.79 Å². The topological polar surface area (TPSA) is 32.3 Å². The maximum atomic E-state index is 12.9. The van der Waals surface area contributed by atoms with Crippen LogP contribution >= 0.6 is 23.8 Å². The van der Waals surface area contributed by atoms with Gasteiger partial charge in [-0.15, -0.1) is 6.58 Å². The molecule has 1 atom stereocenters. The van der Waals surface area contributed by atoms with Crippen LogP contribution in [-0.2, 0) is 10.3 Å². The van der Waals surface area contributed by atoms with Crippen LogP contribution in [0.5, 0.6) is 0 Å². The van der Waals surface area contributed by atoms with E-state index >= 15 is 0 Å². The molecule has 1 aromatic rings. The number of nitrogens with zero attached hydrogens (tertiary/aromatic N) is 1. The van der Waals surface area contributed by atoms with Crippen LogP contribution < -0.4 is 5.32 Å². The molecule has 0 saturated heterocycles. The van der Waals surface area contributed by atoms with Crippen molar-refractivity contribution in [3.63, 3.8) is 0 Å². The van der Waals surface area contributed by atoms with E-state index in [1.807, 2.05) is 36.2 Å². The zero-order chi connectivity index (χ0) is 16.2. The lowest BCUT2D eigenvalue weighted by molar-refractivity contribution is -0.131. The first-order chi connectivity index (χ1) is 10.5. The number of carbonyl (C=O) groups excluding carboxylic acids is 1. The average molecular weight is 337 g/mol. The number of nitrogens with one attached hydrogen (secondary N) is 1. The van der Waals surface area contributed by atoms with Crippen LogP contribution in [0.1, 0.15) is 31.2 Å². The van der Waals surface area contributed by atoms with E-state index in [1.54, 1.807) is 6.08 Å². The smallest absolute Gasteiger partial charge is 0.170 e. The molecular formula is C17H21ClN2OS. The number of thiocarbonyl (C=S) groups is 1. The predicted octanol–water partition coefficient (Wildman–Crippen LogP) is 3.67. The van der Waals surface area contributed by atoms with Crippen molar-refractivity contribution in [2.24, 2.45) is 0 Å². The summed E-state index contributed by atoms with van der Waals surface area (Å²) in [5, 5.41) is 4.25. The van der Waals surface area contributed by atoms with Gasteiger partial charge in [0, 0.05) is 30.6 Å². The van der Waals surface area contributed by atoms with Gasteiger partial charge in [-0.25, -0.2) is 0 Å². The zero-order valence-corrected chi connectivity index (χ0v) is 14.3. The quantitative estimate of drug-likeness (QED) is 0.671. The van der Waals surface area contributed by atoms with E-state index in [9.17, 15) is 4.79 Å². The highest BCUT2D eigenvalue weighted by Crippen LogP contribution is 2.42. The Morgan fingerprint density at radius 1 is 1.50 bits per heavy atom. The number of Topliss-reactive ketones (excluding diaryl/α,β-unsaturated/α-hetero) is 1. The van der Waals surface area contributed by atoms with Gasteiger partial charge < -0.3 is 10.2 Å². The molecule has 22 heavy (non-hydrogen) atoms. The number of rotatable bonds is 4. The lowest BCUT2D eigenvalue weighted by atomic mass is 9.74. The summed E-state index contributed by atoms with van der Waals surface area (Å²) in [6.07, 6.45) is 4.92. The number of benzene rings is 1. The Labute approximate surface area is 142 Å². The number of likely N-dealkylation sites (N-methyl/N-ethyl adjacent to an activating group) is 1. The van der Waals surface area contributed by atoms with E-state index in [4.69, 9.17) is 23.8 Å². The van der Waals surface area contributed by atoms with Gasteiger partial charge in [0.25, 0.3) is 0 Å². The summed E-state index contributed by atoms with van der Waals surface area (Å²) in [7, 11) is 1.87. The van der Waals surface area contributed by atoms with Crippen molar-refractivity contribution in [1.29, 1.82) is 0 Å². The van der Waals surface area contributed by atoms with Crippen molar-refractivity contribution in [3.8, 4) is 0 Å². The Bertz CT molecular complexity index is 590. The van der Waals surface area contributed by atoms with Gasteiger partial charge in [-0.1, -0.05) is 35.9 Å². The number of halogens is 1. The van der Waals surface area contributed by atoms with Crippen LogP contribution in [0.2, 0.25) is 5.02 Å². The highest BCUT2D eigenvalue weighted by Gasteiger charge is 2.46. The fourth-order valence-corrected chi connectivity index (χ4v) is 3.61. The molecule has 0 heterocycles. The highest BCUT2D eigenvalue weighted by atomic mass is 35.5. The molecule has 0 amide bonds. The van der Waals surface area contributed by atoms with Crippen LogP contribution in [-0.4, -0.2) is 29.4 Å². The second kappa shape index (κ2) is 7.25. The van der Waals surface area contributed by atoms with Gasteiger partial charge >= 0.3 is 0 Å². The van der Waals surface area contributed by atoms with Crippen LogP contribution in [0.3, 0.4) is 0 Å². The molecule has 0 radical (unpaired) electrons. The summed E-state index contributed by atoms with van der Waals surface area (Å²) in [5.41, 5.74) is 0.0635. The largest absolute Gasteiger partial charge is 0.359 e. The van der Waals surface area contributed by atoms with Crippen LogP contribution in [0.15, 0.2) is 36.9 Å². The maximum absolute atomic E-state index is 12.9. The van der Waals surface area contributed by atoms with Crippen molar-refractivity contribution >= 4 is 34.7 Å². The van der Waals surface area contributed by atoms with Crippen molar-refractivity contribution in [2.75, 3.05) is 13.6 Å². The Morgan fingerprint density at radius 2 is 2.23 bits per heavy atom. The second-order valence-corrected chi connectivity index (χ2v) is 6.30. The molecule has 5 heteroatoms. The van der Waals surface area contributed by atoms with E-state index in [0.29, 0.717) is 23.1 Å². The molecular weight excluding hydrogens is 316 g/mol. The number of ketones is 1. The Balaban J connectivity index is 2.47. The van der Waals surface area contributed by atoms with E-state index in [-0.39, 0.29) is 5.78 Å². The molecule has 0 bridgehead atoms. The lowest BCUT2D eigenvalue weighted by Gasteiger charge is -2.45. The van der Waals surface area contributed by atoms with Gasteiger partial charge in [-0.05, 0) is 37.5 Å². The summed E-state index contributed by atoms with van der Waals surface area (Å²) >= 11 is 11.9. The average Bonchev–Trinajstić information content (AvgIpc) is 2.53. The Kier molecular flexibility index (Phi) is 5.59. The number of hydrogen-bond donors (Lipinski definition) is 1. The van der Waals surface area contributed by atoms with Crippen LogP contribution in [0.4, 0.5) is 0 Å². The SMILES string of the molecule is C=CCNC(=S)N(C)[C@]1(c2ccccc2Cl)CCCCC1=O. The molecule has 2 rings (SSSR count). The Hall–Kier alpha value is -1.39. The van der Waals surface area contributed by atoms with Crippen molar-refractivity contribution in [2.45, 2.75) is 31.2 Å². The first kappa shape index (κ1) is 17.0. The Morgan fingerprint density at radius 3 is 2.86 bits per heavy atom. The van der Waals surface area contributed by atoms with Gasteiger partial charge in [-0.2, -0.15) is 0 Å². The first-order valence-electron chi connectivity index (χ1n) is 7.45.